The van der Waals surface area contributed by atoms with Gasteiger partial charge in [-0.05, 0) is 43.7 Å². The van der Waals surface area contributed by atoms with E-state index in [1.807, 2.05) is 6.92 Å². The molecule has 0 heterocycles. The number of unbranched alkanes of at least 4 members (excludes halogenated alkanes) is 1. The second-order valence-corrected chi connectivity index (χ2v) is 11.0. The Morgan fingerprint density at radius 3 is 2.26 bits per heavy atom. The van der Waals surface area contributed by atoms with Crippen molar-refractivity contribution < 1.29 is 22.4 Å². The highest BCUT2D eigenvalue weighted by atomic mass is 35.5. The molecule has 2 aromatic carbocycles. The second kappa shape index (κ2) is 12.8. The molecule has 0 aliphatic rings. The summed E-state index contributed by atoms with van der Waals surface area (Å²) in [6.07, 6.45) is 2.54. The van der Waals surface area contributed by atoms with Crippen LogP contribution in [0, 0.1) is 5.82 Å². The summed E-state index contributed by atoms with van der Waals surface area (Å²) < 4.78 is 39.5. The predicted octanol–water partition coefficient (Wildman–Crippen LogP) is 4.89. The third-order valence-electron chi connectivity index (χ3n) is 5.26. The summed E-state index contributed by atoms with van der Waals surface area (Å²) in [5.74, 6) is -1.83. The van der Waals surface area contributed by atoms with Gasteiger partial charge in [-0.25, -0.2) is 12.8 Å². The Balaban J connectivity index is 2.43. The van der Waals surface area contributed by atoms with Crippen LogP contribution < -0.4 is 9.62 Å². The van der Waals surface area contributed by atoms with Crippen molar-refractivity contribution in [3.63, 3.8) is 0 Å². The van der Waals surface area contributed by atoms with E-state index < -0.39 is 40.2 Å². The Morgan fingerprint density at radius 2 is 1.71 bits per heavy atom. The van der Waals surface area contributed by atoms with E-state index in [4.69, 9.17) is 34.8 Å². The molecule has 192 valence electrons. The number of rotatable bonds is 11. The minimum absolute atomic E-state index is 0.00280. The number of halogens is 4. The molecule has 1 N–H and O–H groups in total. The topological polar surface area (TPSA) is 86.8 Å². The predicted molar refractivity (Wildman–Crippen MR) is 138 cm³/mol. The van der Waals surface area contributed by atoms with Crippen molar-refractivity contribution in [2.45, 2.75) is 39.3 Å². The third-order valence-corrected chi connectivity index (χ3v) is 7.40. The molecule has 0 saturated carbocycles. The fraction of sp³-hybridized carbons (Fsp3) is 0.391. The molecule has 0 aliphatic heterocycles. The molecular formula is C23H27Cl3FN3O4S. The number of hydrogen-bond acceptors (Lipinski definition) is 4. The van der Waals surface area contributed by atoms with Gasteiger partial charge in [0.25, 0.3) is 0 Å². The molecular weight excluding hydrogens is 540 g/mol. The van der Waals surface area contributed by atoms with E-state index in [-0.39, 0.29) is 17.3 Å². The van der Waals surface area contributed by atoms with Crippen LogP contribution in [0.5, 0.6) is 0 Å². The van der Waals surface area contributed by atoms with Crippen molar-refractivity contribution in [2.75, 3.05) is 23.7 Å². The highest BCUT2D eigenvalue weighted by Crippen LogP contribution is 2.28. The second-order valence-electron chi connectivity index (χ2n) is 7.91. The van der Waals surface area contributed by atoms with Gasteiger partial charge in [0.05, 0.1) is 17.0 Å². The van der Waals surface area contributed by atoms with Crippen LogP contribution >= 0.6 is 34.8 Å². The maximum absolute atomic E-state index is 13.6. The molecule has 0 radical (unpaired) electrons. The molecule has 2 rings (SSSR count). The van der Waals surface area contributed by atoms with Crippen LogP contribution in [0.1, 0.15) is 32.3 Å². The van der Waals surface area contributed by atoms with Crippen molar-refractivity contribution in [1.29, 1.82) is 0 Å². The largest absolute Gasteiger partial charge is 0.354 e. The van der Waals surface area contributed by atoms with Gasteiger partial charge in [0.2, 0.25) is 21.8 Å². The molecule has 2 amide bonds. The zero-order valence-corrected chi connectivity index (χ0v) is 22.6. The first-order valence-corrected chi connectivity index (χ1v) is 13.8. The molecule has 7 nitrogen and oxygen atoms in total. The van der Waals surface area contributed by atoms with Gasteiger partial charge in [0.1, 0.15) is 18.4 Å². The minimum Gasteiger partial charge on any atom is -0.354 e. The van der Waals surface area contributed by atoms with E-state index in [9.17, 15) is 22.4 Å². The van der Waals surface area contributed by atoms with Crippen molar-refractivity contribution in [2.24, 2.45) is 0 Å². The summed E-state index contributed by atoms with van der Waals surface area (Å²) in [5.41, 5.74) is 0.413. The lowest BCUT2D eigenvalue weighted by Crippen LogP contribution is -2.51. The Kier molecular flexibility index (Phi) is 10.6. The van der Waals surface area contributed by atoms with Crippen LogP contribution in [-0.2, 0) is 26.2 Å². The molecule has 0 fully saturated rings. The molecule has 1 atom stereocenters. The molecule has 0 aromatic heterocycles. The van der Waals surface area contributed by atoms with Gasteiger partial charge in [-0.2, -0.15) is 0 Å². The molecule has 0 unspecified atom stereocenters. The maximum atomic E-state index is 13.6. The number of hydrogen-bond donors (Lipinski definition) is 1. The van der Waals surface area contributed by atoms with Gasteiger partial charge in [0, 0.05) is 28.7 Å². The van der Waals surface area contributed by atoms with Crippen molar-refractivity contribution in [3.05, 3.63) is 62.8 Å². The van der Waals surface area contributed by atoms with Crippen LogP contribution in [0.25, 0.3) is 0 Å². The lowest BCUT2D eigenvalue weighted by molar-refractivity contribution is -0.139. The average Bonchev–Trinajstić information content (AvgIpc) is 2.78. The Labute approximate surface area is 220 Å². The fourth-order valence-corrected chi connectivity index (χ4v) is 4.76. The van der Waals surface area contributed by atoms with Gasteiger partial charge in [-0.1, -0.05) is 54.2 Å². The third kappa shape index (κ3) is 7.96. The maximum Gasteiger partial charge on any atom is 0.244 e. The first-order chi connectivity index (χ1) is 16.4. The van der Waals surface area contributed by atoms with E-state index in [0.717, 1.165) is 35.5 Å². The van der Waals surface area contributed by atoms with Gasteiger partial charge < -0.3 is 10.2 Å². The van der Waals surface area contributed by atoms with Gasteiger partial charge in [-0.3, -0.25) is 13.9 Å². The summed E-state index contributed by atoms with van der Waals surface area (Å²) >= 11 is 18.4. The van der Waals surface area contributed by atoms with Crippen LogP contribution in [-0.4, -0.2) is 50.5 Å². The number of carbonyl (C=O) groups excluding carboxylic acids is 2. The number of amides is 2. The van der Waals surface area contributed by atoms with E-state index in [0.29, 0.717) is 22.2 Å². The summed E-state index contributed by atoms with van der Waals surface area (Å²) in [5, 5.41) is 3.06. The summed E-state index contributed by atoms with van der Waals surface area (Å²) in [6.45, 7) is 3.14. The zero-order valence-electron chi connectivity index (χ0n) is 19.5. The molecule has 12 heteroatoms. The molecule has 35 heavy (non-hydrogen) atoms. The fourth-order valence-electron chi connectivity index (χ4n) is 3.23. The van der Waals surface area contributed by atoms with Crippen LogP contribution in [0.15, 0.2) is 36.4 Å². The number of carbonyl (C=O) groups is 2. The highest BCUT2D eigenvalue weighted by Gasteiger charge is 2.31. The molecule has 0 aliphatic carbocycles. The standard InChI is InChI=1S/C23H27Cl3FN3O4S/c1-4-5-11-28-23(32)15(2)29(13-17-18(24)7-6-8-19(17)25)22(31)14-30(35(3,33)34)16-9-10-21(27)20(26)12-16/h6-10,12,15H,4-5,11,13-14H2,1-3H3,(H,28,32)/t15-/m1/s1. The molecule has 0 bridgehead atoms. The van der Waals surface area contributed by atoms with E-state index in [2.05, 4.69) is 5.32 Å². The van der Waals surface area contributed by atoms with Crippen LogP contribution in [0.2, 0.25) is 15.1 Å². The van der Waals surface area contributed by atoms with Gasteiger partial charge in [-0.15, -0.1) is 0 Å². The average molecular weight is 567 g/mol. The molecule has 0 spiro atoms. The van der Waals surface area contributed by atoms with Crippen LogP contribution in [0.3, 0.4) is 0 Å². The van der Waals surface area contributed by atoms with E-state index in [1.54, 1.807) is 18.2 Å². The lowest BCUT2D eigenvalue weighted by Gasteiger charge is -2.32. The Hall–Kier alpha value is -2.07. The number of sulfonamides is 1. The van der Waals surface area contributed by atoms with Crippen molar-refractivity contribution >= 4 is 62.3 Å². The first-order valence-electron chi connectivity index (χ1n) is 10.8. The Morgan fingerprint density at radius 1 is 1.09 bits per heavy atom. The number of benzene rings is 2. The van der Waals surface area contributed by atoms with Crippen molar-refractivity contribution in [3.8, 4) is 0 Å². The molecule has 2 aromatic rings. The van der Waals surface area contributed by atoms with Gasteiger partial charge in [0.15, 0.2) is 0 Å². The van der Waals surface area contributed by atoms with Crippen LogP contribution in [0.4, 0.5) is 10.1 Å². The number of anilines is 1. The van der Waals surface area contributed by atoms with Crippen molar-refractivity contribution in [1.82, 2.24) is 10.2 Å². The highest BCUT2D eigenvalue weighted by molar-refractivity contribution is 7.92. The van der Waals surface area contributed by atoms with E-state index >= 15 is 0 Å². The zero-order chi connectivity index (χ0) is 26.3. The smallest absolute Gasteiger partial charge is 0.244 e. The number of nitrogens with zero attached hydrogens (tertiary/aromatic N) is 2. The Bertz CT molecular complexity index is 1160. The minimum atomic E-state index is -3.98. The summed E-state index contributed by atoms with van der Waals surface area (Å²) in [7, 11) is -3.98. The molecule has 0 saturated heterocycles. The SMILES string of the molecule is CCCCNC(=O)[C@@H](C)N(Cc1c(Cl)cccc1Cl)C(=O)CN(c1ccc(F)c(Cl)c1)S(C)(=O)=O. The normalized spacial score (nSPS) is 12.2. The summed E-state index contributed by atoms with van der Waals surface area (Å²) in [6, 6.07) is 7.19. The lowest BCUT2D eigenvalue weighted by atomic mass is 10.1. The first kappa shape index (κ1) is 29.2. The van der Waals surface area contributed by atoms with Gasteiger partial charge >= 0.3 is 0 Å². The summed E-state index contributed by atoms with van der Waals surface area (Å²) in [4.78, 5) is 27.5. The van der Waals surface area contributed by atoms with E-state index in [1.165, 1.54) is 17.9 Å². The number of nitrogens with one attached hydrogen (secondary N) is 1. The monoisotopic (exact) mass is 565 g/mol. The quantitative estimate of drug-likeness (QED) is 0.393.